The van der Waals surface area contributed by atoms with Gasteiger partial charge in [0.05, 0.1) is 13.7 Å². The summed E-state index contributed by atoms with van der Waals surface area (Å²) in [6, 6.07) is 6.77. The topological polar surface area (TPSA) is 99.1 Å². The molecule has 1 rings (SSSR count). The van der Waals surface area contributed by atoms with Gasteiger partial charge in [-0.15, -0.1) is 0 Å². The van der Waals surface area contributed by atoms with E-state index in [1.54, 1.807) is 26.3 Å². The van der Waals surface area contributed by atoms with E-state index in [0.717, 1.165) is 18.2 Å². The van der Waals surface area contributed by atoms with E-state index >= 15 is 0 Å². The summed E-state index contributed by atoms with van der Waals surface area (Å²) in [5.74, 6) is -0.663. The van der Waals surface area contributed by atoms with Crippen molar-refractivity contribution < 1.29 is 24.5 Å². The van der Waals surface area contributed by atoms with E-state index in [1.165, 1.54) is 4.90 Å². The molecule has 1 aromatic carbocycles. The number of ether oxygens (including phenoxy) is 1. The summed E-state index contributed by atoms with van der Waals surface area (Å²) in [6.45, 7) is 1.11. The summed E-state index contributed by atoms with van der Waals surface area (Å²) in [5.41, 5.74) is -1.09. The second-order valence-electron chi connectivity index (χ2n) is 4.94. The Kier molecular flexibility index (Phi) is 5.54. The van der Waals surface area contributed by atoms with Crippen molar-refractivity contribution in [2.75, 3.05) is 20.7 Å². The summed E-state index contributed by atoms with van der Waals surface area (Å²) in [7, 11) is 3.15. The van der Waals surface area contributed by atoms with Gasteiger partial charge >= 0.3 is 12.0 Å². The van der Waals surface area contributed by atoms with Crippen molar-refractivity contribution in [2.45, 2.75) is 19.1 Å². The summed E-state index contributed by atoms with van der Waals surface area (Å²) < 4.78 is 5.04. The van der Waals surface area contributed by atoms with Gasteiger partial charge < -0.3 is 25.2 Å². The second-order valence-corrected chi connectivity index (χ2v) is 4.94. The predicted molar refractivity (Wildman–Crippen MR) is 76.1 cm³/mol. The first-order valence-corrected chi connectivity index (χ1v) is 6.34. The summed E-state index contributed by atoms with van der Waals surface area (Å²) in [5, 5.41) is 20.7. The van der Waals surface area contributed by atoms with E-state index in [4.69, 9.17) is 9.84 Å². The van der Waals surface area contributed by atoms with Crippen molar-refractivity contribution in [2.24, 2.45) is 0 Å². The first-order chi connectivity index (χ1) is 9.76. The number of urea groups is 1. The zero-order chi connectivity index (χ0) is 16.0. The molecule has 0 aliphatic heterocycles. The minimum Gasteiger partial charge on any atom is -0.497 e. The minimum absolute atomic E-state index is 0.352. The van der Waals surface area contributed by atoms with Crippen LogP contribution in [0.5, 0.6) is 5.75 Å². The van der Waals surface area contributed by atoms with Crippen LogP contribution in [0.1, 0.15) is 12.5 Å². The number of amides is 2. The van der Waals surface area contributed by atoms with Gasteiger partial charge in [0.2, 0.25) is 0 Å². The molecule has 1 aromatic rings. The molecule has 1 unspecified atom stereocenters. The number of aliphatic hydroxyl groups is 1. The number of carboxylic acids is 1. The molecule has 0 spiro atoms. The van der Waals surface area contributed by atoms with Crippen molar-refractivity contribution >= 4 is 12.0 Å². The van der Waals surface area contributed by atoms with Crippen LogP contribution in [0, 0.1) is 0 Å². The Morgan fingerprint density at radius 1 is 1.33 bits per heavy atom. The summed E-state index contributed by atoms with van der Waals surface area (Å²) >= 11 is 0. The van der Waals surface area contributed by atoms with E-state index in [2.05, 4.69) is 5.32 Å². The van der Waals surface area contributed by atoms with E-state index in [9.17, 15) is 14.7 Å². The molecule has 0 bridgehead atoms. The molecule has 116 valence electrons. The smallest absolute Gasteiger partial charge is 0.337 e. The molecule has 0 fully saturated rings. The highest BCUT2D eigenvalue weighted by atomic mass is 16.5. The van der Waals surface area contributed by atoms with Crippen LogP contribution >= 0.6 is 0 Å². The number of nitrogens with one attached hydrogen (secondary N) is 1. The molecule has 0 saturated heterocycles. The third-order valence-corrected chi connectivity index (χ3v) is 2.97. The molecule has 0 radical (unpaired) electrons. The number of carboxylic acid groups (broad SMARTS) is 1. The number of nitrogens with zero attached hydrogens (tertiary/aromatic N) is 1. The highest BCUT2D eigenvalue weighted by Crippen LogP contribution is 2.12. The first kappa shape index (κ1) is 16.8. The molecule has 0 heterocycles. The van der Waals surface area contributed by atoms with Crippen LogP contribution in [0.2, 0.25) is 0 Å². The van der Waals surface area contributed by atoms with Gasteiger partial charge in [0.1, 0.15) is 5.75 Å². The fraction of sp³-hybridized carbons (Fsp3) is 0.429. The Hall–Kier alpha value is -2.28. The van der Waals surface area contributed by atoms with E-state index in [0.29, 0.717) is 6.54 Å². The molecule has 1 atom stereocenters. The van der Waals surface area contributed by atoms with E-state index < -0.39 is 17.6 Å². The van der Waals surface area contributed by atoms with Crippen molar-refractivity contribution in [1.82, 2.24) is 10.2 Å². The lowest BCUT2D eigenvalue weighted by atomic mass is 10.1. The monoisotopic (exact) mass is 296 g/mol. The van der Waals surface area contributed by atoms with Gasteiger partial charge in [-0.2, -0.15) is 0 Å². The van der Waals surface area contributed by atoms with E-state index in [-0.39, 0.29) is 6.54 Å². The van der Waals surface area contributed by atoms with Crippen LogP contribution in [0.15, 0.2) is 24.3 Å². The SMILES string of the molecule is COc1ccc(CN(C)C(=O)NCC(C)(O)C(=O)O)cc1. The number of carbonyl (C=O) groups excluding carboxylic acids is 1. The zero-order valence-corrected chi connectivity index (χ0v) is 12.3. The third-order valence-electron chi connectivity index (χ3n) is 2.97. The normalized spacial score (nSPS) is 13.1. The predicted octanol–water partition coefficient (Wildman–Crippen LogP) is 0.672. The molecule has 0 saturated carbocycles. The Labute approximate surface area is 123 Å². The van der Waals surface area contributed by atoms with Crippen molar-refractivity contribution in [3.63, 3.8) is 0 Å². The summed E-state index contributed by atoms with van der Waals surface area (Å²) in [4.78, 5) is 23.9. The molecular weight excluding hydrogens is 276 g/mol. The minimum atomic E-state index is -1.99. The molecule has 3 N–H and O–H groups in total. The molecule has 0 aliphatic carbocycles. The maximum Gasteiger partial charge on any atom is 0.337 e. The standard InChI is InChI=1S/C14H20N2O5/c1-14(20,12(17)18)9-15-13(19)16(2)8-10-4-6-11(21-3)7-5-10/h4-7,20H,8-9H2,1-3H3,(H,15,19)(H,17,18). The van der Waals surface area contributed by atoms with Crippen molar-refractivity contribution in [3.8, 4) is 5.75 Å². The molecule has 2 amide bonds. The molecule has 7 heteroatoms. The van der Waals surface area contributed by atoms with Crippen LogP contribution in [-0.4, -0.2) is 53.4 Å². The highest BCUT2D eigenvalue weighted by molar-refractivity contribution is 5.79. The van der Waals surface area contributed by atoms with Gasteiger partial charge in [-0.3, -0.25) is 0 Å². The average molecular weight is 296 g/mol. The number of hydrogen-bond acceptors (Lipinski definition) is 4. The average Bonchev–Trinajstić information content (AvgIpc) is 2.45. The Balaban J connectivity index is 2.52. The maximum atomic E-state index is 11.8. The maximum absolute atomic E-state index is 11.8. The summed E-state index contributed by atoms with van der Waals surface area (Å²) in [6.07, 6.45) is 0. The molecule has 7 nitrogen and oxygen atoms in total. The number of rotatable bonds is 6. The fourth-order valence-corrected chi connectivity index (χ4v) is 1.53. The largest absolute Gasteiger partial charge is 0.497 e. The van der Waals surface area contributed by atoms with Crippen molar-refractivity contribution in [1.29, 1.82) is 0 Å². The molecule has 21 heavy (non-hydrogen) atoms. The van der Waals surface area contributed by atoms with Gasteiger partial charge in [-0.25, -0.2) is 9.59 Å². The lowest BCUT2D eigenvalue weighted by Gasteiger charge is -2.22. The Morgan fingerprint density at radius 3 is 2.38 bits per heavy atom. The quantitative estimate of drug-likeness (QED) is 0.716. The van der Waals surface area contributed by atoms with Gasteiger partial charge in [-0.05, 0) is 24.6 Å². The number of aliphatic carboxylic acids is 1. The van der Waals surface area contributed by atoms with Crippen molar-refractivity contribution in [3.05, 3.63) is 29.8 Å². The number of carbonyl (C=O) groups is 2. The fourth-order valence-electron chi connectivity index (χ4n) is 1.53. The second kappa shape index (κ2) is 6.94. The zero-order valence-electron chi connectivity index (χ0n) is 12.3. The number of methoxy groups -OCH3 is 1. The number of benzene rings is 1. The first-order valence-electron chi connectivity index (χ1n) is 6.34. The third kappa shape index (κ3) is 4.96. The molecule has 0 aliphatic rings. The van der Waals surface area contributed by atoms with Crippen LogP contribution in [0.3, 0.4) is 0 Å². The number of hydrogen-bond donors (Lipinski definition) is 3. The van der Waals surface area contributed by atoms with Gasteiger partial charge in [0, 0.05) is 13.6 Å². The van der Waals surface area contributed by atoms with Crippen LogP contribution < -0.4 is 10.1 Å². The van der Waals surface area contributed by atoms with Gasteiger partial charge in [0.25, 0.3) is 0 Å². The molecular formula is C14H20N2O5. The highest BCUT2D eigenvalue weighted by Gasteiger charge is 2.30. The Morgan fingerprint density at radius 2 is 1.90 bits per heavy atom. The lowest BCUT2D eigenvalue weighted by molar-refractivity contribution is -0.155. The van der Waals surface area contributed by atoms with Crippen LogP contribution in [0.4, 0.5) is 4.79 Å². The van der Waals surface area contributed by atoms with Crippen LogP contribution in [0.25, 0.3) is 0 Å². The van der Waals surface area contributed by atoms with Crippen LogP contribution in [-0.2, 0) is 11.3 Å². The van der Waals surface area contributed by atoms with Gasteiger partial charge in [-0.1, -0.05) is 12.1 Å². The Bertz CT molecular complexity index is 499. The lowest BCUT2D eigenvalue weighted by Crippen LogP contribution is -2.49. The van der Waals surface area contributed by atoms with Gasteiger partial charge in [0.15, 0.2) is 5.60 Å². The van der Waals surface area contributed by atoms with E-state index in [1.807, 2.05) is 12.1 Å². The molecule has 0 aromatic heterocycles.